The van der Waals surface area contributed by atoms with Crippen LogP contribution in [0.25, 0.3) is 0 Å². The lowest BCUT2D eigenvalue weighted by Gasteiger charge is -2.18. The number of alkyl halides is 1. The number of rotatable bonds is 4. The van der Waals surface area contributed by atoms with E-state index in [1.54, 1.807) is 0 Å². The highest BCUT2D eigenvalue weighted by Crippen LogP contribution is 2.22. The number of benzene rings is 1. The molecule has 18 heavy (non-hydrogen) atoms. The third kappa shape index (κ3) is 2.91. The van der Waals surface area contributed by atoms with Crippen LogP contribution in [-0.2, 0) is 11.8 Å². The van der Waals surface area contributed by atoms with Crippen molar-refractivity contribution in [2.75, 3.05) is 11.9 Å². The largest absolute Gasteiger partial charge is 0.329 e. The van der Waals surface area contributed by atoms with E-state index in [1.807, 2.05) is 19.3 Å². The van der Waals surface area contributed by atoms with E-state index in [0.29, 0.717) is 0 Å². The lowest BCUT2D eigenvalue weighted by atomic mass is 10.1. The minimum Gasteiger partial charge on any atom is -0.329 e. The Labute approximate surface area is 117 Å². The number of pyridine rings is 1. The summed E-state index contributed by atoms with van der Waals surface area (Å²) in [6.07, 6.45) is 2.98. The van der Waals surface area contributed by atoms with Crippen molar-refractivity contribution in [3.05, 3.63) is 53.7 Å². The van der Waals surface area contributed by atoms with Crippen LogP contribution in [-0.4, -0.2) is 12.0 Å². The molecule has 0 aliphatic rings. The number of halogens is 1. The van der Waals surface area contributed by atoms with Crippen LogP contribution in [0.15, 0.2) is 42.6 Å². The summed E-state index contributed by atoms with van der Waals surface area (Å²) in [5.74, 6) is 0.962. The molecule has 0 radical (unpaired) electrons. The normalized spacial score (nSPS) is 10.4. The van der Waals surface area contributed by atoms with Crippen molar-refractivity contribution < 1.29 is 0 Å². The summed E-state index contributed by atoms with van der Waals surface area (Å²) in [6.45, 7) is 2.17. The number of nitrogens with zero attached hydrogens (tertiary/aromatic N) is 2. The summed E-state index contributed by atoms with van der Waals surface area (Å²) in [4.78, 5) is 6.56. The smallest absolute Gasteiger partial charge is 0.132 e. The van der Waals surface area contributed by atoms with Gasteiger partial charge in [0.05, 0.1) is 0 Å². The van der Waals surface area contributed by atoms with E-state index in [1.165, 1.54) is 11.1 Å². The number of aryl methyl sites for hydroxylation is 1. The molecule has 0 unspecified atom stereocenters. The highest BCUT2D eigenvalue weighted by atomic mass is 79.9. The monoisotopic (exact) mass is 304 g/mol. The summed E-state index contributed by atoms with van der Waals surface area (Å²) >= 11 is 3.43. The van der Waals surface area contributed by atoms with Crippen molar-refractivity contribution in [2.45, 2.75) is 18.7 Å². The van der Waals surface area contributed by atoms with Gasteiger partial charge < -0.3 is 4.90 Å². The molecule has 1 heterocycles. The SMILES string of the molecule is CCc1ccc(N(C)c2ccc(CBr)cn2)cc1. The van der Waals surface area contributed by atoms with Gasteiger partial charge in [0.15, 0.2) is 0 Å². The van der Waals surface area contributed by atoms with Crippen LogP contribution in [0.2, 0.25) is 0 Å². The maximum absolute atomic E-state index is 4.46. The molecule has 1 aromatic heterocycles. The first-order chi connectivity index (χ1) is 8.74. The molecule has 0 saturated heterocycles. The van der Waals surface area contributed by atoms with Crippen LogP contribution in [0.1, 0.15) is 18.1 Å². The van der Waals surface area contributed by atoms with Gasteiger partial charge in [0.2, 0.25) is 0 Å². The minimum atomic E-state index is 0.842. The van der Waals surface area contributed by atoms with E-state index in [4.69, 9.17) is 0 Å². The lowest BCUT2D eigenvalue weighted by molar-refractivity contribution is 1.10. The molecule has 0 bridgehead atoms. The maximum atomic E-state index is 4.46. The first-order valence-electron chi connectivity index (χ1n) is 6.08. The second kappa shape index (κ2) is 6.01. The van der Waals surface area contributed by atoms with Gasteiger partial charge in [-0.25, -0.2) is 4.98 Å². The zero-order chi connectivity index (χ0) is 13.0. The average Bonchev–Trinajstić information content (AvgIpc) is 2.47. The van der Waals surface area contributed by atoms with Gasteiger partial charge in [-0.05, 0) is 35.7 Å². The fraction of sp³-hybridized carbons (Fsp3) is 0.267. The van der Waals surface area contributed by atoms with Crippen LogP contribution >= 0.6 is 15.9 Å². The Morgan fingerprint density at radius 1 is 1.06 bits per heavy atom. The number of aromatic nitrogens is 1. The first kappa shape index (κ1) is 13.1. The summed E-state index contributed by atoms with van der Waals surface area (Å²) in [7, 11) is 2.04. The third-order valence-corrected chi connectivity index (χ3v) is 3.69. The minimum absolute atomic E-state index is 0.842. The van der Waals surface area contributed by atoms with Crippen LogP contribution in [0.4, 0.5) is 11.5 Å². The molecule has 3 heteroatoms. The number of anilines is 2. The Kier molecular flexibility index (Phi) is 4.37. The molecular formula is C15H17BrN2. The van der Waals surface area contributed by atoms with Crippen molar-refractivity contribution in [2.24, 2.45) is 0 Å². The van der Waals surface area contributed by atoms with Crippen molar-refractivity contribution in [3.8, 4) is 0 Å². The molecule has 0 amide bonds. The maximum Gasteiger partial charge on any atom is 0.132 e. The van der Waals surface area contributed by atoms with Gasteiger partial charge in [0.1, 0.15) is 5.82 Å². The molecule has 2 aromatic rings. The summed E-state index contributed by atoms with van der Waals surface area (Å²) in [6, 6.07) is 12.7. The average molecular weight is 305 g/mol. The molecule has 0 aliphatic heterocycles. The topological polar surface area (TPSA) is 16.1 Å². The fourth-order valence-electron chi connectivity index (χ4n) is 1.78. The van der Waals surface area contributed by atoms with Gasteiger partial charge in [-0.15, -0.1) is 0 Å². The van der Waals surface area contributed by atoms with Crippen LogP contribution in [0, 0.1) is 0 Å². The van der Waals surface area contributed by atoms with Gasteiger partial charge in [0, 0.05) is 24.3 Å². The Hall–Kier alpha value is -1.35. The second-order valence-corrected chi connectivity index (χ2v) is 4.80. The van der Waals surface area contributed by atoms with E-state index in [-0.39, 0.29) is 0 Å². The predicted molar refractivity (Wildman–Crippen MR) is 80.8 cm³/mol. The Morgan fingerprint density at radius 2 is 1.72 bits per heavy atom. The standard InChI is InChI=1S/C15H17BrN2/c1-3-12-4-7-14(8-5-12)18(2)15-9-6-13(10-16)11-17-15/h4-9,11H,3,10H2,1-2H3. The summed E-state index contributed by atoms with van der Waals surface area (Å²) in [5, 5.41) is 0.842. The molecule has 0 spiro atoms. The Bertz CT molecular complexity index is 443. The van der Waals surface area contributed by atoms with Crippen molar-refractivity contribution in [1.82, 2.24) is 4.98 Å². The molecular weight excluding hydrogens is 288 g/mol. The Balaban J connectivity index is 2.20. The molecule has 94 valence electrons. The van der Waals surface area contributed by atoms with Crippen LogP contribution in [0.5, 0.6) is 0 Å². The van der Waals surface area contributed by atoms with Gasteiger partial charge in [0.25, 0.3) is 0 Å². The number of hydrogen-bond acceptors (Lipinski definition) is 2. The Morgan fingerprint density at radius 3 is 2.22 bits per heavy atom. The highest BCUT2D eigenvalue weighted by Gasteiger charge is 2.04. The molecule has 0 aliphatic carbocycles. The van der Waals surface area contributed by atoms with E-state index < -0.39 is 0 Å². The molecule has 0 fully saturated rings. The lowest BCUT2D eigenvalue weighted by Crippen LogP contribution is -2.11. The second-order valence-electron chi connectivity index (χ2n) is 4.24. The zero-order valence-electron chi connectivity index (χ0n) is 10.7. The van der Waals surface area contributed by atoms with Crippen molar-refractivity contribution in [3.63, 3.8) is 0 Å². The predicted octanol–water partition coefficient (Wildman–Crippen LogP) is 4.31. The van der Waals surface area contributed by atoms with E-state index in [2.05, 4.69) is 63.1 Å². The van der Waals surface area contributed by atoms with Gasteiger partial charge in [-0.2, -0.15) is 0 Å². The molecule has 0 saturated carbocycles. The van der Waals surface area contributed by atoms with Crippen molar-refractivity contribution >= 4 is 27.4 Å². The summed E-state index contributed by atoms with van der Waals surface area (Å²) in [5.41, 5.74) is 3.70. The van der Waals surface area contributed by atoms with Crippen LogP contribution in [0.3, 0.4) is 0 Å². The molecule has 1 aromatic carbocycles. The molecule has 2 nitrogen and oxygen atoms in total. The first-order valence-corrected chi connectivity index (χ1v) is 7.20. The highest BCUT2D eigenvalue weighted by molar-refractivity contribution is 9.08. The number of hydrogen-bond donors (Lipinski definition) is 0. The van der Waals surface area contributed by atoms with Gasteiger partial charge in [-0.1, -0.05) is 41.1 Å². The molecule has 0 atom stereocenters. The van der Waals surface area contributed by atoms with Gasteiger partial charge in [-0.3, -0.25) is 0 Å². The zero-order valence-corrected chi connectivity index (χ0v) is 12.3. The fourth-order valence-corrected chi connectivity index (χ4v) is 2.11. The van der Waals surface area contributed by atoms with Gasteiger partial charge >= 0.3 is 0 Å². The summed E-state index contributed by atoms with van der Waals surface area (Å²) < 4.78 is 0. The van der Waals surface area contributed by atoms with E-state index in [9.17, 15) is 0 Å². The van der Waals surface area contributed by atoms with E-state index in [0.717, 1.165) is 23.3 Å². The van der Waals surface area contributed by atoms with E-state index >= 15 is 0 Å². The molecule has 0 N–H and O–H groups in total. The van der Waals surface area contributed by atoms with Crippen molar-refractivity contribution in [1.29, 1.82) is 0 Å². The quantitative estimate of drug-likeness (QED) is 0.783. The molecule has 2 rings (SSSR count). The van der Waals surface area contributed by atoms with Crippen LogP contribution < -0.4 is 4.90 Å². The third-order valence-electron chi connectivity index (χ3n) is 3.04.